The van der Waals surface area contributed by atoms with Crippen molar-refractivity contribution in [3.05, 3.63) is 35.9 Å². The Balaban J connectivity index is 1.55. The fourth-order valence-corrected chi connectivity index (χ4v) is 2.76. The highest BCUT2D eigenvalue weighted by Gasteiger charge is 2.35. The third-order valence-electron chi connectivity index (χ3n) is 3.81. The maximum absolute atomic E-state index is 12.1. The standard InChI is InChI=1S/C15H19NO3/c17-15(18-11-12-5-2-1-3-6-12)16-10-9-13-7-4-8-14(16)19-13/h1-3,5-6,13-14H,4,7-11H2/t13-,14-/m1/s1. The summed E-state index contributed by atoms with van der Waals surface area (Å²) in [5, 5.41) is 0. The number of rotatable bonds is 2. The van der Waals surface area contributed by atoms with Crippen LogP contribution < -0.4 is 0 Å². The Kier molecular flexibility index (Phi) is 3.69. The highest BCUT2D eigenvalue weighted by molar-refractivity contribution is 5.68. The van der Waals surface area contributed by atoms with Crippen molar-refractivity contribution in [2.75, 3.05) is 6.54 Å². The molecule has 0 aromatic heterocycles. The first-order chi connectivity index (χ1) is 9.33. The summed E-state index contributed by atoms with van der Waals surface area (Å²) >= 11 is 0. The molecule has 4 heteroatoms. The van der Waals surface area contributed by atoms with E-state index in [1.165, 1.54) is 0 Å². The van der Waals surface area contributed by atoms with Crippen molar-refractivity contribution in [3.63, 3.8) is 0 Å². The molecule has 0 saturated carbocycles. The summed E-state index contributed by atoms with van der Waals surface area (Å²) in [6.07, 6.45) is 4.14. The largest absolute Gasteiger partial charge is 0.444 e. The van der Waals surface area contributed by atoms with Crippen molar-refractivity contribution in [1.82, 2.24) is 4.90 Å². The maximum Gasteiger partial charge on any atom is 0.412 e. The van der Waals surface area contributed by atoms with Crippen LogP contribution in [0.4, 0.5) is 4.79 Å². The molecule has 2 aliphatic rings. The molecule has 0 spiro atoms. The molecule has 2 fully saturated rings. The Morgan fingerprint density at radius 1 is 1.26 bits per heavy atom. The topological polar surface area (TPSA) is 38.8 Å². The first-order valence-corrected chi connectivity index (χ1v) is 6.96. The van der Waals surface area contributed by atoms with Gasteiger partial charge in [0.25, 0.3) is 0 Å². The first kappa shape index (κ1) is 12.5. The van der Waals surface area contributed by atoms with Gasteiger partial charge >= 0.3 is 6.09 Å². The van der Waals surface area contributed by atoms with Gasteiger partial charge in [0.1, 0.15) is 12.8 Å². The highest BCUT2D eigenvalue weighted by Crippen LogP contribution is 2.29. The molecule has 4 nitrogen and oxygen atoms in total. The van der Waals surface area contributed by atoms with E-state index in [9.17, 15) is 4.79 Å². The molecular weight excluding hydrogens is 242 g/mol. The average molecular weight is 261 g/mol. The van der Waals surface area contributed by atoms with Gasteiger partial charge in [-0.3, -0.25) is 4.90 Å². The van der Waals surface area contributed by atoms with Crippen LogP contribution in [0.3, 0.4) is 0 Å². The van der Waals surface area contributed by atoms with E-state index in [4.69, 9.17) is 9.47 Å². The van der Waals surface area contributed by atoms with Gasteiger partial charge in [0.2, 0.25) is 0 Å². The molecule has 1 amide bonds. The van der Waals surface area contributed by atoms with E-state index in [-0.39, 0.29) is 12.3 Å². The zero-order valence-corrected chi connectivity index (χ0v) is 11.0. The van der Waals surface area contributed by atoms with Gasteiger partial charge in [0.05, 0.1) is 6.10 Å². The van der Waals surface area contributed by atoms with Gasteiger partial charge in [0, 0.05) is 6.54 Å². The molecule has 2 aliphatic heterocycles. The number of hydrogen-bond acceptors (Lipinski definition) is 3. The lowest BCUT2D eigenvalue weighted by Crippen LogP contribution is -2.51. The number of amides is 1. The van der Waals surface area contributed by atoms with Crippen LogP contribution in [0.5, 0.6) is 0 Å². The van der Waals surface area contributed by atoms with E-state index in [0.717, 1.165) is 37.8 Å². The molecule has 0 unspecified atom stereocenters. The van der Waals surface area contributed by atoms with Crippen LogP contribution >= 0.6 is 0 Å². The molecule has 2 bridgehead atoms. The third kappa shape index (κ3) is 2.89. The zero-order chi connectivity index (χ0) is 13.1. The van der Waals surface area contributed by atoms with Crippen molar-refractivity contribution in [2.45, 2.75) is 44.6 Å². The quantitative estimate of drug-likeness (QED) is 0.821. The van der Waals surface area contributed by atoms with Crippen molar-refractivity contribution in [1.29, 1.82) is 0 Å². The minimum atomic E-state index is -0.255. The number of benzene rings is 1. The van der Waals surface area contributed by atoms with Crippen molar-refractivity contribution >= 4 is 6.09 Å². The number of carbonyl (C=O) groups is 1. The minimum absolute atomic E-state index is 0.0734. The minimum Gasteiger partial charge on any atom is -0.444 e. The number of nitrogens with zero attached hydrogens (tertiary/aromatic N) is 1. The van der Waals surface area contributed by atoms with Gasteiger partial charge in [-0.05, 0) is 31.2 Å². The summed E-state index contributed by atoms with van der Waals surface area (Å²) in [6.45, 7) is 1.08. The van der Waals surface area contributed by atoms with Crippen LogP contribution in [0, 0.1) is 0 Å². The first-order valence-electron chi connectivity index (χ1n) is 6.96. The maximum atomic E-state index is 12.1. The SMILES string of the molecule is O=C(OCc1ccccc1)N1CC[C@H]2CCC[C@H]1O2. The lowest BCUT2D eigenvalue weighted by atomic mass is 10.0. The van der Waals surface area contributed by atoms with E-state index in [0.29, 0.717) is 12.7 Å². The Morgan fingerprint density at radius 2 is 2.11 bits per heavy atom. The molecule has 2 heterocycles. The second-order valence-electron chi connectivity index (χ2n) is 5.17. The van der Waals surface area contributed by atoms with Crippen molar-refractivity contribution in [3.8, 4) is 0 Å². The normalized spacial score (nSPS) is 26.0. The van der Waals surface area contributed by atoms with Gasteiger partial charge in [-0.1, -0.05) is 30.3 Å². The fraction of sp³-hybridized carbons (Fsp3) is 0.533. The summed E-state index contributed by atoms with van der Waals surface area (Å²) < 4.78 is 11.2. The summed E-state index contributed by atoms with van der Waals surface area (Å²) in [6, 6.07) is 9.75. The number of ether oxygens (including phenoxy) is 2. The Labute approximate surface area is 113 Å². The van der Waals surface area contributed by atoms with Gasteiger partial charge in [-0.15, -0.1) is 0 Å². The lowest BCUT2D eigenvalue weighted by Gasteiger charge is -2.42. The van der Waals surface area contributed by atoms with E-state index in [2.05, 4.69) is 0 Å². The molecule has 3 rings (SSSR count). The van der Waals surface area contributed by atoms with E-state index in [1.54, 1.807) is 4.90 Å². The predicted molar refractivity (Wildman–Crippen MR) is 70.5 cm³/mol. The molecule has 19 heavy (non-hydrogen) atoms. The number of carbonyl (C=O) groups excluding carboxylic acids is 1. The van der Waals surface area contributed by atoms with Crippen LogP contribution in [0.1, 0.15) is 31.2 Å². The van der Waals surface area contributed by atoms with E-state index >= 15 is 0 Å². The van der Waals surface area contributed by atoms with Crippen LogP contribution in [-0.4, -0.2) is 29.9 Å². The third-order valence-corrected chi connectivity index (χ3v) is 3.81. The Hall–Kier alpha value is -1.55. The van der Waals surface area contributed by atoms with Crippen molar-refractivity contribution in [2.24, 2.45) is 0 Å². The van der Waals surface area contributed by atoms with Crippen LogP contribution in [0.2, 0.25) is 0 Å². The number of fused-ring (bicyclic) bond motifs is 2. The Morgan fingerprint density at radius 3 is 2.95 bits per heavy atom. The summed E-state index contributed by atoms with van der Waals surface area (Å²) in [7, 11) is 0. The summed E-state index contributed by atoms with van der Waals surface area (Å²) in [4.78, 5) is 13.8. The molecule has 1 aromatic rings. The highest BCUT2D eigenvalue weighted by atomic mass is 16.6. The molecule has 2 atom stereocenters. The molecule has 0 N–H and O–H groups in total. The second kappa shape index (κ2) is 5.61. The molecule has 1 aromatic carbocycles. The van der Waals surface area contributed by atoms with Crippen LogP contribution in [-0.2, 0) is 16.1 Å². The zero-order valence-electron chi connectivity index (χ0n) is 11.0. The predicted octanol–water partition coefficient (Wildman–Crippen LogP) is 2.92. The fourth-order valence-electron chi connectivity index (χ4n) is 2.76. The smallest absolute Gasteiger partial charge is 0.412 e. The van der Waals surface area contributed by atoms with Crippen LogP contribution in [0.25, 0.3) is 0 Å². The summed E-state index contributed by atoms with van der Waals surface area (Å²) in [5.74, 6) is 0. The van der Waals surface area contributed by atoms with Crippen LogP contribution in [0.15, 0.2) is 30.3 Å². The second-order valence-corrected chi connectivity index (χ2v) is 5.17. The summed E-state index contributed by atoms with van der Waals surface area (Å²) in [5.41, 5.74) is 1.01. The molecule has 0 radical (unpaired) electrons. The molecule has 102 valence electrons. The number of hydrogen-bond donors (Lipinski definition) is 0. The lowest BCUT2D eigenvalue weighted by molar-refractivity contribution is -0.154. The van der Waals surface area contributed by atoms with Gasteiger partial charge in [0.15, 0.2) is 0 Å². The molecular formula is C15H19NO3. The molecule has 0 aliphatic carbocycles. The average Bonchev–Trinajstić information content (AvgIpc) is 2.46. The molecule has 2 saturated heterocycles. The van der Waals surface area contributed by atoms with E-state index < -0.39 is 0 Å². The Bertz CT molecular complexity index is 434. The van der Waals surface area contributed by atoms with Gasteiger partial charge in [-0.25, -0.2) is 4.79 Å². The van der Waals surface area contributed by atoms with Gasteiger partial charge < -0.3 is 9.47 Å². The van der Waals surface area contributed by atoms with E-state index in [1.807, 2.05) is 30.3 Å². The number of likely N-dealkylation sites (tertiary alicyclic amines) is 1. The van der Waals surface area contributed by atoms with Crippen molar-refractivity contribution < 1.29 is 14.3 Å². The van der Waals surface area contributed by atoms with Gasteiger partial charge in [-0.2, -0.15) is 0 Å². The monoisotopic (exact) mass is 261 g/mol.